The summed E-state index contributed by atoms with van der Waals surface area (Å²) in [6.07, 6.45) is 0. The molecule has 0 unspecified atom stereocenters. The molecule has 3 aromatic rings. The number of methoxy groups -OCH3 is 1. The molecule has 1 amide bonds. The van der Waals surface area contributed by atoms with E-state index in [2.05, 4.69) is 16.0 Å². The van der Waals surface area contributed by atoms with Crippen molar-refractivity contribution in [1.29, 1.82) is 0 Å². The first-order chi connectivity index (χ1) is 14.1. The van der Waals surface area contributed by atoms with Gasteiger partial charge in [0.2, 0.25) is 5.91 Å². The molecular formula is C21H20N4O4. The van der Waals surface area contributed by atoms with Crippen molar-refractivity contribution in [3.05, 3.63) is 82.9 Å². The van der Waals surface area contributed by atoms with Crippen molar-refractivity contribution in [3.8, 4) is 5.75 Å². The van der Waals surface area contributed by atoms with Crippen LogP contribution in [0.15, 0.2) is 72.8 Å². The van der Waals surface area contributed by atoms with E-state index in [1.165, 1.54) is 19.2 Å². The molecule has 0 heterocycles. The smallest absolute Gasteiger partial charge is 0.271 e. The Labute approximate surface area is 167 Å². The molecule has 0 aliphatic carbocycles. The predicted molar refractivity (Wildman–Crippen MR) is 113 cm³/mol. The first-order valence-corrected chi connectivity index (χ1v) is 8.84. The molecule has 3 rings (SSSR count). The molecule has 8 heteroatoms. The van der Waals surface area contributed by atoms with Crippen molar-refractivity contribution in [2.75, 3.05) is 29.6 Å². The van der Waals surface area contributed by atoms with E-state index in [0.717, 1.165) is 5.69 Å². The van der Waals surface area contributed by atoms with Crippen LogP contribution in [0.1, 0.15) is 0 Å². The Kier molecular flexibility index (Phi) is 6.26. The molecule has 0 saturated heterocycles. The van der Waals surface area contributed by atoms with E-state index in [1.807, 2.05) is 30.3 Å². The van der Waals surface area contributed by atoms with Crippen LogP contribution in [-0.2, 0) is 4.79 Å². The number of anilines is 4. The molecule has 29 heavy (non-hydrogen) atoms. The Balaban J connectivity index is 1.75. The number of ether oxygens (including phenoxy) is 1. The number of rotatable bonds is 8. The van der Waals surface area contributed by atoms with Gasteiger partial charge in [0.1, 0.15) is 5.75 Å². The third kappa shape index (κ3) is 5.23. The van der Waals surface area contributed by atoms with Gasteiger partial charge in [0, 0.05) is 17.8 Å². The third-order valence-corrected chi connectivity index (χ3v) is 4.09. The van der Waals surface area contributed by atoms with E-state index >= 15 is 0 Å². The summed E-state index contributed by atoms with van der Waals surface area (Å²) >= 11 is 0. The van der Waals surface area contributed by atoms with Gasteiger partial charge in [0.15, 0.2) is 0 Å². The molecule has 0 spiro atoms. The molecular weight excluding hydrogens is 372 g/mol. The maximum atomic E-state index is 12.4. The lowest BCUT2D eigenvalue weighted by Gasteiger charge is -2.14. The summed E-state index contributed by atoms with van der Waals surface area (Å²) in [4.78, 5) is 23.0. The molecule has 0 bridgehead atoms. The number of nitrogens with one attached hydrogen (secondary N) is 3. The van der Waals surface area contributed by atoms with Gasteiger partial charge < -0.3 is 20.7 Å². The molecule has 8 nitrogen and oxygen atoms in total. The first kappa shape index (κ1) is 19.7. The Bertz CT molecular complexity index is 1010. The van der Waals surface area contributed by atoms with Crippen LogP contribution in [0.4, 0.5) is 28.4 Å². The van der Waals surface area contributed by atoms with Gasteiger partial charge in [-0.15, -0.1) is 0 Å². The number of nitrogens with zero attached hydrogens (tertiary/aromatic N) is 1. The highest BCUT2D eigenvalue weighted by Crippen LogP contribution is 2.30. The average Bonchev–Trinajstić information content (AvgIpc) is 2.74. The summed E-state index contributed by atoms with van der Waals surface area (Å²) in [5, 5.41) is 20.1. The van der Waals surface area contributed by atoms with Crippen molar-refractivity contribution in [2.24, 2.45) is 0 Å². The molecule has 0 fully saturated rings. The minimum absolute atomic E-state index is 0.0729. The highest BCUT2D eigenvalue weighted by atomic mass is 16.6. The Morgan fingerprint density at radius 3 is 2.41 bits per heavy atom. The van der Waals surface area contributed by atoms with Crippen molar-refractivity contribution in [3.63, 3.8) is 0 Å². The van der Waals surface area contributed by atoms with Gasteiger partial charge in [0.25, 0.3) is 5.69 Å². The van der Waals surface area contributed by atoms with E-state index in [0.29, 0.717) is 22.8 Å². The van der Waals surface area contributed by atoms with Crippen molar-refractivity contribution < 1.29 is 14.5 Å². The second-order valence-electron chi connectivity index (χ2n) is 6.08. The van der Waals surface area contributed by atoms with E-state index in [4.69, 9.17) is 4.74 Å². The largest absolute Gasteiger partial charge is 0.495 e. The quantitative estimate of drug-likeness (QED) is 0.388. The van der Waals surface area contributed by atoms with Gasteiger partial charge in [-0.05, 0) is 30.3 Å². The van der Waals surface area contributed by atoms with Crippen LogP contribution in [0.2, 0.25) is 0 Å². The van der Waals surface area contributed by atoms with Crippen LogP contribution >= 0.6 is 0 Å². The molecule has 0 saturated carbocycles. The van der Waals surface area contributed by atoms with Crippen molar-refractivity contribution >= 4 is 34.3 Å². The summed E-state index contributed by atoms with van der Waals surface area (Å²) in [5.74, 6) is 0.231. The normalized spacial score (nSPS) is 10.1. The fourth-order valence-electron chi connectivity index (χ4n) is 2.70. The molecule has 0 aliphatic heterocycles. The fourth-order valence-corrected chi connectivity index (χ4v) is 2.70. The average molecular weight is 392 g/mol. The maximum Gasteiger partial charge on any atom is 0.271 e. The zero-order valence-corrected chi connectivity index (χ0v) is 15.7. The second-order valence-corrected chi connectivity index (χ2v) is 6.08. The summed E-state index contributed by atoms with van der Waals surface area (Å²) in [6, 6.07) is 20.9. The molecule has 0 aromatic heterocycles. The lowest BCUT2D eigenvalue weighted by Crippen LogP contribution is -2.22. The van der Waals surface area contributed by atoms with Crippen molar-refractivity contribution in [2.45, 2.75) is 0 Å². The summed E-state index contributed by atoms with van der Waals surface area (Å²) in [7, 11) is 1.52. The number of nitro benzene ring substituents is 1. The number of amides is 1. The summed E-state index contributed by atoms with van der Waals surface area (Å²) in [5.41, 5.74) is 2.35. The van der Waals surface area contributed by atoms with Crippen LogP contribution in [0.3, 0.4) is 0 Å². The van der Waals surface area contributed by atoms with Crippen molar-refractivity contribution in [1.82, 2.24) is 0 Å². The van der Waals surface area contributed by atoms with Crippen LogP contribution < -0.4 is 20.7 Å². The Morgan fingerprint density at radius 2 is 1.69 bits per heavy atom. The number of carbonyl (C=O) groups is 1. The highest BCUT2D eigenvalue weighted by Gasteiger charge is 2.13. The lowest BCUT2D eigenvalue weighted by atomic mass is 10.2. The monoisotopic (exact) mass is 392 g/mol. The van der Waals surface area contributed by atoms with Gasteiger partial charge in [0.05, 0.1) is 35.6 Å². The van der Waals surface area contributed by atoms with E-state index in [-0.39, 0.29) is 18.1 Å². The van der Waals surface area contributed by atoms with Crippen LogP contribution in [0.5, 0.6) is 5.75 Å². The lowest BCUT2D eigenvalue weighted by molar-refractivity contribution is -0.384. The van der Waals surface area contributed by atoms with Crippen LogP contribution in [0, 0.1) is 10.1 Å². The number of nitro groups is 1. The molecule has 3 aromatic carbocycles. The van der Waals surface area contributed by atoms with E-state index in [1.54, 1.807) is 30.3 Å². The molecule has 0 radical (unpaired) electrons. The zero-order valence-electron chi connectivity index (χ0n) is 15.7. The second kappa shape index (κ2) is 9.23. The number of carbonyl (C=O) groups excluding carboxylic acids is 1. The summed E-state index contributed by atoms with van der Waals surface area (Å²) < 4.78 is 5.22. The van der Waals surface area contributed by atoms with E-state index < -0.39 is 4.92 Å². The molecule has 148 valence electrons. The third-order valence-electron chi connectivity index (χ3n) is 4.09. The van der Waals surface area contributed by atoms with Gasteiger partial charge in [-0.2, -0.15) is 0 Å². The summed E-state index contributed by atoms with van der Waals surface area (Å²) in [6.45, 7) is -0.0807. The number of para-hydroxylation sites is 3. The van der Waals surface area contributed by atoms with Gasteiger partial charge in [-0.25, -0.2) is 0 Å². The van der Waals surface area contributed by atoms with Gasteiger partial charge in [-0.1, -0.05) is 30.3 Å². The highest BCUT2D eigenvalue weighted by molar-refractivity contribution is 5.95. The topological polar surface area (TPSA) is 106 Å². The molecule has 3 N–H and O–H groups in total. The Hall–Kier alpha value is -4.07. The van der Waals surface area contributed by atoms with Gasteiger partial charge in [-0.3, -0.25) is 14.9 Å². The first-order valence-electron chi connectivity index (χ1n) is 8.84. The number of non-ortho nitro benzene ring substituents is 1. The van der Waals surface area contributed by atoms with Crippen LogP contribution in [-0.4, -0.2) is 24.5 Å². The number of hydrogen-bond acceptors (Lipinski definition) is 6. The standard InChI is InChI=1S/C21H20N4O4/c1-29-20-10-6-5-9-18(20)24-21(26)14-22-19-13-16(25(27)28)11-12-17(19)23-15-7-3-2-4-8-15/h2-13,22-23H,14H2,1H3,(H,24,26). The maximum absolute atomic E-state index is 12.4. The SMILES string of the molecule is COc1ccccc1NC(=O)CNc1cc([N+](=O)[O-])ccc1Nc1ccccc1. The van der Waals surface area contributed by atoms with E-state index in [9.17, 15) is 14.9 Å². The fraction of sp³-hybridized carbons (Fsp3) is 0.0952. The molecule has 0 aliphatic rings. The number of benzene rings is 3. The zero-order chi connectivity index (χ0) is 20.6. The van der Waals surface area contributed by atoms with Crippen LogP contribution in [0.25, 0.3) is 0 Å². The number of hydrogen-bond donors (Lipinski definition) is 3. The Morgan fingerprint density at radius 1 is 0.966 bits per heavy atom. The minimum Gasteiger partial charge on any atom is -0.495 e. The van der Waals surface area contributed by atoms with Gasteiger partial charge >= 0.3 is 0 Å². The molecule has 0 atom stereocenters. The predicted octanol–water partition coefficient (Wildman–Crippen LogP) is 4.40. The minimum atomic E-state index is -0.480.